The number of hydrogen-bond acceptors (Lipinski definition) is 9. The number of amides is 1. The quantitative estimate of drug-likeness (QED) is 0.0968. The molecule has 0 bridgehead atoms. The van der Waals surface area contributed by atoms with Crippen LogP contribution in [0.4, 0.5) is 32.0 Å². The Bertz CT molecular complexity index is 1880. The van der Waals surface area contributed by atoms with Crippen molar-refractivity contribution in [3.8, 4) is 0 Å². The van der Waals surface area contributed by atoms with Gasteiger partial charge in [0, 0.05) is 43.3 Å². The van der Waals surface area contributed by atoms with Crippen LogP contribution in [0.2, 0.25) is 0 Å². The first kappa shape index (κ1) is 41.9. The molecular formula is C32H33F6N5O10. The van der Waals surface area contributed by atoms with Gasteiger partial charge in [-0.25, -0.2) is 0 Å². The monoisotopic (exact) mass is 761 g/mol. The third-order valence-electron chi connectivity index (χ3n) is 7.60. The molecule has 53 heavy (non-hydrogen) atoms. The van der Waals surface area contributed by atoms with Crippen LogP contribution in [-0.2, 0) is 42.7 Å². The van der Waals surface area contributed by atoms with E-state index in [1.54, 1.807) is 0 Å². The molecule has 0 atom stereocenters. The highest BCUT2D eigenvalue weighted by Crippen LogP contribution is 2.38. The van der Waals surface area contributed by atoms with Crippen molar-refractivity contribution in [3.05, 3.63) is 75.1 Å². The van der Waals surface area contributed by atoms with Crippen LogP contribution < -0.4 is 10.9 Å². The van der Waals surface area contributed by atoms with Gasteiger partial charge in [-0.15, -0.1) is 0 Å². The predicted octanol–water partition coefficient (Wildman–Crippen LogP) is 2.34. The molecule has 3 rings (SSSR count). The molecule has 21 heteroatoms. The highest BCUT2D eigenvalue weighted by molar-refractivity contribution is 5.95. The van der Waals surface area contributed by atoms with E-state index in [9.17, 15) is 65.3 Å². The van der Waals surface area contributed by atoms with Crippen LogP contribution in [0, 0.1) is 0 Å². The van der Waals surface area contributed by atoms with E-state index in [-0.39, 0.29) is 48.3 Å². The van der Waals surface area contributed by atoms with Crippen LogP contribution >= 0.6 is 0 Å². The van der Waals surface area contributed by atoms with Crippen molar-refractivity contribution in [3.63, 3.8) is 0 Å². The Balaban J connectivity index is 1.78. The maximum Gasteiger partial charge on any atom is 0.416 e. The number of aliphatic carboxylic acids is 4. The lowest BCUT2D eigenvalue weighted by molar-refractivity contribution is -0.143. The largest absolute Gasteiger partial charge is 0.480 e. The number of carboxylic acids is 4. The van der Waals surface area contributed by atoms with Crippen molar-refractivity contribution in [1.82, 2.24) is 19.7 Å². The zero-order chi connectivity index (χ0) is 39.7. The highest BCUT2D eigenvalue weighted by atomic mass is 19.4. The second kappa shape index (κ2) is 17.8. The average Bonchev–Trinajstić information content (AvgIpc) is 2.99. The second-order valence-corrected chi connectivity index (χ2v) is 11.8. The SMILES string of the molecule is O=C(O)CN(CCN(CC(=O)O)CC(=O)O)CCN(CC(=O)O)CC(=O)Nc1ccc2c(Cc3cc(C(F)(F)F)ccc3C(F)(F)F)cc(=O)[nH]c2c1. The summed E-state index contributed by atoms with van der Waals surface area (Å²) in [5.74, 6) is -6.04. The molecule has 0 radical (unpaired) electrons. The number of hydrogen-bond donors (Lipinski definition) is 6. The van der Waals surface area contributed by atoms with Crippen molar-refractivity contribution in [2.75, 3.05) is 64.2 Å². The van der Waals surface area contributed by atoms with E-state index in [1.165, 1.54) is 23.1 Å². The number of carbonyl (C=O) groups excluding carboxylic acids is 1. The van der Waals surface area contributed by atoms with E-state index in [0.29, 0.717) is 18.2 Å². The Morgan fingerprint density at radius 2 is 1.13 bits per heavy atom. The molecule has 288 valence electrons. The minimum atomic E-state index is -5.00. The number of aromatic amines is 1. The maximum atomic E-state index is 13.7. The van der Waals surface area contributed by atoms with Gasteiger partial charge in [0.05, 0.1) is 49.4 Å². The Morgan fingerprint density at radius 3 is 1.64 bits per heavy atom. The lowest BCUT2D eigenvalue weighted by Gasteiger charge is -2.27. The minimum absolute atomic E-state index is 0.0115. The average molecular weight is 762 g/mol. The van der Waals surface area contributed by atoms with Crippen LogP contribution in [0.25, 0.3) is 10.9 Å². The van der Waals surface area contributed by atoms with Gasteiger partial charge in [0.15, 0.2) is 0 Å². The van der Waals surface area contributed by atoms with Crippen LogP contribution in [0.1, 0.15) is 22.3 Å². The number of anilines is 1. The zero-order valence-corrected chi connectivity index (χ0v) is 27.5. The second-order valence-electron chi connectivity index (χ2n) is 11.8. The Morgan fingerprint density at radius 1 is 0.623 bits per heavy atom. The fourth-order valence-corrected chi connectivity index (χ4v) is 5.39. The summed E-state index contributed by atoms with van der Waals surface area (Å²) in [6.45, 7) is -3.71. The van der Waals surface area contributed by atoms with E-state index in [2.05, 4.69) is 10.3 Å². The highest BCUT2D eigenvalue weighted by Gasteiger charge is 2.37. The van der Waals surface area contributed by atoms with E-state index < -0.39 is 104 Å². The lowest BCUT2D eigenvalue weighted by Crippen LogP contribution is -2.46. The normalized spacial score (nSPS) is 12.1. The van der Waals surface area contributed by atoms with Crippen molar-refractivity contribution < 1.29 is 70.7 Å². The van der Waals surface area contributed by atoms with E-state index >= 15 is 0 Å². The summed E-state index contributed by atoms with van der Waals surface area (Å²) in [7, 11) is 0. The molecule has 1 amide bonds. The van der Waals surface area contributed by atoms with Crippen molar-refractivity contribution in [2.45, 2.75) is 18.8 Å². The molecule has 6 N–H and O–H groups in total. The summed E-state index contributed by atoms with van der Waals surface area (Å²) < 4.78 is 81.1. The first-order chi connectivity index (χ1) is 24.6. The number of pyridine rings is 1. The van der Waals surface area contributed by atoms with Crippen LogP contribution in [0.5, 0.6) is 0 Å². The third kappa shape index (κ3) is 13.5. The number of halogens is 6. The standard InChI is InChI=1S/C32H33F6N5O10/c33-31(34,35)20-1-4-23(32(36,37)38)19(10-20)9-18-11-25(44)40-24-12-21(2-3-22(18)24)39-26(45)13-42(15-28(48)49)7-5-41(14-27(46)47)6-8-43(16-29(50)51)17-30(52)53/h1-4,10-12H,5-9,13-17H2,(H,39,45)(H,40,44)(H,46,47)(H,48,49)(H,50,51)(H,52,53). The number of rotatable bonds is 19. The van der Waals surface area contributed by atoms with Gasteiger partial charge in [0.1, 0.15) is 0 Å². The summed E-state index contributed by atoms with van der Waals surface area (Å²) in [5, 5.41) is 39.4. The van der Waals surface area contributed by atoms with Crippen molar-refractivity contribution in [1.29, 1.82) is 0 Å². The first-order valence-corrected chi connectivity index (χ1v) is 15.4. The maximum absolute atomic E-state index is 13.7. The molecule has 0 spiro atoms. The fraction of sp³-hybridized carbons (Fsp3) is 0.375. The molecule has 0 saturated heterocycles. The number of H-pyrrole nitrogens is 1. The molecule has 15 nitrogen and oxygen atoms in total. The Kier molecular flexibility index (Phi) is 14.1. The molecule has 1 heterocycles. The molecule has 0 fully saturated rings. The topological polar surface area (TPSA) is 221 Å². The van der Waals surface area contributed by atoms with Crippen LogP contribution in [0.15, 0.2) is 47.3 Å². The number of aromatic nitrogens is 1. The molecular weight excluding hydrogens is 728 g/mol. The molecule has 2 aromatic carbocycles. The Hall–Kier alpha value is -5.54. The number of nitrogens with one attached hydrogen (secondary N) is 2. The fourth-order valence-electron chi connectivity index (χ4n) is 5.39. The van der Waals surface area contributed by atoms with Crippen LogP contribution in [-0.4, -0.2) is 129 Å². The molecule has 3 aromatic rings. The lowest BCUT2D eigenvalue weighted by atomic mass is 9.95. The third-order valence-corrected chi connectivity index (χ3v) is 7.60. The number of nitrogens with zero attached hydrogens (tertiary/aromatic N) is 3. The molecule has 1 aromatic heterocycles. The summed E-state index contributed by atoms with van der Waals surface area (Å²) in [5.41, 5.74) is -4.15. The predicted molar refractivity (Wildman–Crippen MR) is 172 cm³/mol. The summed E-state index contributed by atoms with van der Waals surface area (Å²) in [6.07, 6.45) is -10.6. The summed E-state index contributed by atoms with van der Waals surface area (Å²) in [6, 6.07) is 5.78. The van der Waals surface area contributed by atoms with Crippen LogP contribution in [0.3, 0.4) is 0 Å². The smallest absolute Gasteiger partial charge is 0.416 e. The number of alkyl halides is 6. The van der Waals surface area contributed by atoms with Gasteiger partial charge in [-0.1, -0.05) is 6.07 Å². The molecule has 0 aliphatic carbocycles. The number of fused-ring (bicyclic) bond motifs is 1. The molecule has 0 aliphatic heterocycles. The van der Waals surface area contributed by atoms with E-state index in [4.69, 9.17) is 10.2 Å². The summed E-state index contributed by atoms with van der Waals surface area (Å²) >= 11 is 0. The number of carboxylic acid groups (broad SMARTS) is 4. The van der Waals surface area contributed by atoms with Gasteiger partial charge in [-0.2, -0.15) is 26.3 Å². The van der Waals surface area contributed by atoms with Gasteiger partial charge < -0.3 is 30.7 Å². The minimum Gasteiger partial charge on any atom is -0.480 e. The first-order valence-electron chi connectivity index (χ1n) is 15.4. The van der Waals surface area contributed by atoms with Gasteiger partial charge in [-0.3, -0.25) is 43.5 Å². The van der Waals surface area contributed by atoms with E-state index in [1.807, 2.05) is 0 Å². The molecule has 0 saturated carbocycles. The molecule has 0 aliphatic rings. The van der Waals surface area contributed by atoms with Gasteiger partial charge in [-0.05, 0) is 47.9 Å². The molecule has 0 unspecified atom stereocenters. The van der Waals surface area contributed by atoms with Gasteiger partial charge in [0.25, 0.3) is 0 Å². The van der Waals surface area contributed by atoms with E-state index in [0.717, 1.165) is 15.9 Å². The Labute approximate surface area is 295 Å². The van der Waals surface area contributed by atoms with Crippen molar-refractivity contribution in [2.24, 2.45) is 0 Å². The van der Waals surface area contributed by atoms with Crippen molar-refractivity contribution >= 4 is 46.4 Å². The van der Waals surface area contributed by atoms with Gasteiger partial charge >= 0.3 is 36.2 Å². The number of benzene rings is 2. The number of carbonyl (C=O) groups is 5. The summed E-state index contributed by atoms with van der Waals surface area (Å²) in [4.78, 5) is 76.5. The van der Waals surface area contributed by atoms with Gasteiger partial charge in [0.2, 0.25) is 11.5 Å². The zero-order valence-electron chi connectivity index (χ0n) is 27.5.